The molecule has 1 unspecified atom stereocenters. The number of benzene rings is 1. The fourth-order valence-corrected chi connectivity index (χ4v) is 3.93. The topological polar surface area (TPSA) is 46.9 Å². The Hall–Kier alpha value is -3.16. The van der Waals surface area contributed by atoms with Gasteiger partial charge in [0.15, 0.2) is 0 Å². The van der Waals surface area contributed by atoms with Crippen molar-refractivity contribution in [3.05, 3.63) is 87.3 Å². The number of nitrogens with zero attached hydrogens (tertiary/aromatic N) is 2. The summed E-state index contributed by atoms with van der Waals surface area (Å²) >= 11 is 0. The molecule has 0 spiro atoms. The molecule has 4 rings (SSSR count). The van der Waals surface area contributed by atoms with E-state index in [-0.39, 0.29) is 28.2 Å². The second-order valence-electron chi connectivity index (χ2n) is 7.19. The van der Waals surface area contributed by atoms with Crippen LogP contribution in [0.2, 0.25) is 0 Å². The number of nitrogens with one attached hydrogen (secondary N) is 1. The molecule has 3 aromatic rings. The smallest absolute Gasteiger partial charge is 0.351 e. The summed E-state index contributed by atoms with van der Waals surface area (Å²) in [6, 6.07) is 9.25. The van der Waals surface area contributed by atoms with Crippen LogP contribution in [0.1, 0.15) is 22.5 Å². The lowest BCUT2D eigenvalue weighted by Crippen LogP contribution is -2.49. The molecule has 0 radical (unpaired) electrons. The number of alkyl halides is 3. The van der Waals surface area contributed by atoms with Crippen molar-refractivity contribution in [1.29, 1.82) is 0 Å². The standard InChI is InChI=1S/C21H17F4N3O/c1-12-4-3-5-14(26-12)11-20(21(23,24)25)15-8-9-28(2)19(29)18(15)27-17-7-6-13(22)10-16(17)20/h3-10,27H,11H2,1-2H3. The molecule has 0 fully saturated rings. The zero-order valence-corrected chi connectivity index (χ0v) is 15.6. The van der Waals surface area contributed by atoms with Gasteiger partial charge in [-0.1, -0.05) is 6.07 Å². The van der Waals surface area contributed by atoms with E-state index in [2.05, 4.69) is 10.3 Å². The number of fused-ring (bicyclic) bond motifs is 2. The Morgan fingerprint density at radius 3 is 2.59 bits per heavy atom. The van der Waals surface area contributed by atoms with Crippen LogP contribution in [-0.4, -0.2) is 15.7 Å². The first kappa shape index (κ1) is 19.2. The van der Waals surface area contributed by atoms with Crippen LogP contribution in [0.5, 0.6) is 0 Å². The van der Waals surface area contributed by atoms with E-state index in [9.17, 15) is 22.4 Å². The molecule has 2 aromatic heterocycles. The number of aromatic nitrogens is 2. The van der Waals surface area contributed by atoms with Gasteiger partial charge in [-0.3, -0.25) is 9.78 Å². The van der Waals surface area contributed by atoms with Gasteiger partial charge < -0.3 is 9.88 Å². The van der Waals surface area contributed by atoms with Crippen molar-refractivity contribution in [1.82, 2.24) is 9.55 Å². The summed E-state index contributed by atoms with van der Waals surface area (Å²) in [4.78, 5) is 16.9. The Kier molecular flexibility index (Phi) is 4.25. The third-order valence-corrected chi connectivity index (χ3v) is 5.31. The summed E-state index contributed by atoms with van der Waals surface area (Å²) in [6.45, 7) is 1.68. The van der Waals surface area contributed by atoms with Crippen molar-refractivity contribution in [3.63, 3.8) is 0 Å². The van der Waals surface area contributed by atoms with Crippen molar-refractivity contribution < 1.29 is 17.6 Å². The molecule has 1 N–H and O–H groups in total. The van der Waals surface area contributed by atoms with Crippen molar-refractivity contribution in [2.24, 2.45) is 7.05 Å². The molecule has 0 bridgehead atoms. The fraction of sp³-hybridized carbons (Fsp3) is 0.238. The van der Waals surface area contributed by atoms with Gasteiger partial charge in [-0.25, -0.2) is 4.39 Å². The van der Waals surface area contributed by atoms with E-state index in [1.807, 2.05) is 0 Å². The maximum absolute atomic E-state index is 14.8. The highest BCUT2D eigenvalue weighted by atomic mass is 19.4. The van der Waals surface area contributed by atoms with E-state index >= 15 is 0 Å². The van der Waals surface area contributed by atoms with Crippen LogP contribution in [-0.2, 0) is 18.9 Å². The van der Waals surface area contributed by atoms with E-state index in [1.54, 1.807) is 19.1 Å². The number of anilines is 2. The number of aryl methyl sites for hydroxylation is 2. The number of halogens is 4. The maximum atomic E-state index is 14.8. The minimum Gasteiger partial charge on any atom is -0.351 e. The van der Waals surface area contributed by atoms with E-state index in [0.717, 1.165) is 12.1 Å². The van der Waals surface area contributed by atoms with Gasteiger partial charge in [-0.05, 0) is 48.9 Å². The highest BCUT2D eigenvalue weighted by molar-refractivity contribution is 5.76. The monoisotopic (exact) mass is 403 g/mol. The van der Waals surface area contributed by atoms with Gasteiger partial charge in [-0.2, -0.15) is 13.2 Å². The van der Waals surface area contributed by atoms with Crippen LogP contribution in [0.4, 0.5) is 28.9 Å². The van der Waals surface area contributed by atoms with Crippen LogP contribution >= 0.6 is 0 Å². The number of hydrogen-bond donors (Lipinski definition) is 1. The molecule has 0 saturated carbocycles. The van der Waals surface area contributed by atoms with Gasteiger partial charge in [0.25, 0.3) is 5.56 Å². The van der Waals surface area contributed by atoms with Gasteiger partial charge in [0.2, 0.25) is 0 Å². The first-order valence-electron chi connectivity index (χ1n) is 8.90. The Morgan fingerprint density at radius 1 is 1.14 bits per heavy atom. The summed E-state index contributed by atoms with van der Waals surface area (Å²) in [5.41, 5.74) is -3.08. The molecule has 0 aliphatic carbocycles. The molecule has 1 aliphatic heterocycles. The SMILES string of the molecule is Cc1cccc(CC2(C(F)(F)F)c3cc(F)ccc3Nc3c2ccn(C)c3=O)n1. The summed E-state index contributed by atoms with van der Waals surface area (Å²) in [7, 11) is 1.46. The fourth-order valence-electron chi connectivity index (χ4n) is 3.93. The maximum Gasteiger partial charge on any atom is 0.402 e. The largest absolute Gasteiger partial charge is 0.402 e. The normalized spacial score (nSPS) is 18.0. The van der Waals surface area contributed by atoms with Crippen LogP contribution in [0, 0.1) is 12.7 Å². The minimum atomic E-state index is -4.82. The Labute approximate surface area is 163 Å². The predicted molar refractivity (Wildman–Crippen MR) is 101 cm³/mol. The van der Waals surface area contributed by atoms with Crippen molar-refractivity contribution in [3.8, 4) is 0 Å². The van der Waals surface area contributed by atoms with Crippen LogP contribution < -0.4 is 10.9 Å². The van der Waals surface area contributed by atoms with Crippen molar-refractivity contribution in [2.45, 2.75) is 24.9 Å². The molecule has 0 saturated heterocycles. The van der Waals surface area contributed by atoms with Gasteiger partial charge >= 0.3 is 6.18 Å². The first-order valence-corrected chi connectivity index (χ1v) is 8.90. The molecule has 1 aliphatic rings. The number of pyridine rings is 2. The highest BCUT2D eigenvalue weighted by Crippen LogP contribution is 2.55. The third-order valence-electron chi connectivity index (χ3n) is 5.31. The van der Waals surface area contributed by atoms with Crippen LogP contribution in [0.15, 0.2) is 53.5 Å². The Balaban J connectivity index is 2.10. The predicted octanol–water partition coefficient (Wildman–Crippen LogP) is 4.38. The molecule has 4 nitrogen and oxygen atoms in total. The summed E-state index contributed by atoms with van der Waals surface area (Å²) < 4.78 is 59.7. The molecular formula is C21H17F4N3O. The van der Waals surface area contributed by atoms with Crippen molar-refractivity contribution in [2.75, 3.05) is 5.32 Å². The minimum absolute atomic E-state index is 0.0483. The zero-order valence-electron chi connectivity index (χ0n) is 15.6. The average Bonchev–Trinajstić information content (AvgIpc) is 2.64. The second kappa shape index (κ2) is 6.43. The molecule has 29 heavy (non-hydrogen) atoms. The molecule has 150 valence electrons. The number of rotatable bonds is 2. The molecule has 8 heteroatoms. The lowest BCUT2D eigenvalue weighted by molar-refractivity contribution is -0.178. The number of hydrogen-bond acceptors (Lipinski definition) is 3. The highest BCUT2D eigenvalue weighted by Gasteiger charge is 2.60. The van der Waals surface area contributed by atoms with Crippen LogP contribution in [0.3, 0.4) is 0 Å². The van der Waals surface area contributed by atoms with E-state index in [4.69, 9.17) is 0 Å². The quantitative estimate of drug-likeness (QED) is 0.647. The summed E-state index contributed by atoms with van der Waals surface area (Å²) in [5, 5.41) is 2.78. The summed E-state index contributed by atoms with van der Waals surface area (Å²) in [6.07, 6.45) is -4.09. The average molecular weight is 403 g/mol. The molecule has 0 amide bonds. The van der Waals surface area contributed by atoms with E-state index in [0.29, 0.717) is 5.69 Å². The molecule has 1 aromatic carbocycles. The Bertz CT molecular complexity index is 1170. The van der Waals surface area contributed by atoms with Gasteiger partial charge in [0, 0.05) is 42.3 Å². The molecule has 1 atom stereocenters. The molecule has 3 heterocycles. The second-order valence-corrected chi connectivity index (χ2v) is 7.19. The van der Waals surface area contributed by atoms with Crippen molar-refractivity contribution >= 4 is 11.4 Å². The van der Waals surface area contributed by atoms with E-state index < -0.39 is 29.4 Å². The van der Waals surface area contributed by atoms with Gasteiger partial charge in [-0.15, -0.1) is 0 Å². The first-order chi connectivity index (χ1) is 13.6. The van der Waals surface area contributed by atoms with Crippen LogP contribution in [0.25, 0.3) is 0 Å². The zero-order chi connectivity index (χ0) is 21.0. The van der Waals surface area contributed by atoms with Gasteiger partial charge in [0.1, 0.15) is 16.9 Å². The third kappa shape index (κ3) is 2.90. The molecular weight excluding hydrogens is 386 g/mol. The lowest BCUT2D eigenvalue weighted by atomic mass is 9.67. The Morgan fingerprint density at radius 2 is 1.90 bits per heavy atom. The summed E-state index contributed by atoms with van der Waals surface area (Å²) in [5.74, 6) is -0.788. The lowest BCUT2D eigenvalue weighted by Gasteiger charge is -2.42. The van der Waals surface area contributed by atoms with Gasteiger partial charge in [0.05, 0.1) is 0 Å². The van der Waals surface area contributed by atoms with E-state index in [1.165, 1.54) is 36.0 Å².